The van der Waals surface area contributed by atoms with Crippen LogP contribution in [0.2, 0.25) is 0 Å². The lowest BCUT2D eigenvalue weighted by molar-refractivity contribution is 0.742. The van der Waals surface area contributed by atoms with Crippen LogP contribution in [0.15, 0.2) is 151 Å². The van der Waals surface area contributed by atoms with Crippen LogP contribution in [-0.4, -0.2) is 19.5 Å². The Morgan fingerprint density at radius 3 is 2.07 bits per heavy atom. The van der Waals surface area contributed by atoms with Gasteiger partial charge in [-0.2, -0.15) is 0 Å². The standard InChI is InChI=1S/C42H28N4/c1-4-12-28(13-5-1)31-20-21-32(26-31)41-43-40(30-15-6-2-7-16-30)44-42(45-41)33-23-24-37-36(27-33)39-35-19-11-10-14-29(35)22-25-38(39)46(37)34-17-8-3-9-18-34/h1-25,33H,27H2. The minimum Gasteiger partial charge on any atom is -0.310 e. The van der Waals surface area contributed by atoms with Crippen LogP contribution in [0.1, 0.15) is 34.4 Å². The van der Waals surface area contributed by atoms with Gasteiger partial charge in [-0.15, -0.1) is 5.73 Å². The van der Waals surface area contributed by atoms with E-state index in [2.05, 4.69) is 126 Å². The zero-order chi connectivity index (χ0) is 30.5. The Hall–Kier alpha value is -6.09. The van der Waals surface area contributed by atoms with Crippen LogP contribution < -0.4 is 0 Å². The van der Waals surface area contributed by atoms with Crippen molar-refractivity contribution >= 4 is 38.9 Å². The first-order valence-corrected chi connectivity index (χ1v) is 15.6. The summed E-state index contributed by atoms with van der Waals surface area (Å²) in [7, 11) is 0. The average molecular weight is 589 g/mol. The quantitative estimate of drug-likeness (QED) is 0.188. The number of hydrogen-bond acceptors (Lipinski definition) is 3. The monoisotopic (exact) mass is 588 g/mol. The Morgan fingerprint density at radius 2 is 1.26 bits per heavy atom. The van der Waals surface area contributed by atoms with Crippen LogP contribution in [0.4, 0.5) is 0 Å². The molecule has 0 spiro atoms. The Kier molecular flexibility index (Phi) is 6.19. The predicted octanol–water partition coefficient (Wildman–Crippen LogP) is 9.62. The molecule has 0 aliphatic heterocycles. The van der Waals surface area contributed by atoms with E-state index in [1.807, 2.05) is 36.4 Å². The van der Waals surface area contributed by atoms with E-state index in [0.717, 1.165) is 40.2 Å². The summed E-state index contributed by atoms with van der Waals surface area (Å²) >= 11 is 0. The number of fused-ring (bicyclic) bond motifs is 5. The van der Waals surface area contributed by atoms with Crippen molar-refractivity contribution in [1.82, 2.24) is 19.5 Å². The molecule has 1 unspecified atom stereocenters. The largest absolute Gasteiger partial charge is 0.310 e. The lowest BCUT2D eigenvalue weighted by Crippen LogP contribution is -2.13. The maximum absolute atomic E-state index is 5.13. The lowest BCUT2D eigenvalue weighted by atomic mass is 9.89. The number of allylic oxidation sites excluding steroid dienone is 4. The molecule has 0 bridgehead atoms. The van der Waals surface area contributed by atoms with Gasteiger partial charge in [0.2, 0.25) is 0 Å². The average Bonchev–Trinajstić information content (AvgIpc) is 3.76. The Labute approximate surface area is 267 Å². The third-order valence-corrected chi connectivity index (χ3v) is 8.95. The van der Waals surface area contributed by atoms with E-state index in [4.69, 9.17) is 15.0 Å². The number of benzene rings is 5. The zero-order valence-corrected chi connectivity index (χ0v) is 25.0. The number of nitrogens with zero attached hydrogens (tertiary/aromatic N) is 4. The molecule has 46 heavy (non-hydrogen) atoms. The molecule has 216 valence electrons. The SMILES string of the molecule is C1=C(c2ccccc2)C=CC=1c1nc(-c2ccccc2)nc(C2C=Cc3c(c4c5ccccc5ccc4n3-c3ccccc3)C2)n1. The predicted molar refractivity (Wildman–Crippen MR) is 187 cm³/mol. The Balaban J connectivity index is 1.22. The normalized spacial score (nSPS) is 15.3. The van der Waals surface area contributed by atoms with Crippen LogP contribution in [-0.2, 0) is 6.42 Å². The molecule has 0 radical (unpaired) electrons. The van der Waals surface area contributed by atoms with E-state index in [1.165, 1.54) is 32.9 Å². The first kappa shape index (κ1) is 26.3. The van der Waals surface area contributed by atoms with Crippen molar-refractivity contribution in [2.75, 3.05) is 0 Å². The van der Waals surface area contributed by atoms with Crippen LogP contribution in [0.25, 0.3) is 56.0 Å². The molecule has 0 fully saturated rings. The molecule has 2 aliphatic rings. The van der Waals surface area contributed by atoms with Gasteiger partial charge in [0.25, 0.3) is 0 Å². The van der Waals surface area contributed by atoms with Gasteiger partial charge in [0.1, 0.15) is 5.82 Å². The van der Waals surface area contributed by atoms with E-state index >= 15 is 0 Å². The molecule has 2 aliphatic carbocycles. The van der Waals surface area contributed by atoms with Crippen LogP contribution in [0.3, 0.4) is 0 Å². The zero-order valence-electron chi connectivity index (χ0n) is 25.0. The molecule has 4 heteroatoms. The van der Waals surface area contributed by atoms with Gasteiger partial charge in [-0.05, 0) is 64.7 Å². The molecule has 0 saturated carbocycles. The minimum absolute atomic E-state index is 0.0194. The molecule has 5 aromatic carbocycles. The summed E-state index contributed by atoms with van der Waals surface area (Å²) < 4.78 is 2.39. The maximum atomic E-state index is 5.13. The van der Waals surface area contributed by atoms with Crippen LogP contribution in [0.5, 0.6) is 0 Å². The van der Waals surface area contributed by atoms with Crippen LogP contribution in [0, 0.1) is 0 Å². The molecule has 4 nitrogen and oxygen atoms in total. The fourth-order valence-electron chi connectivity index (χ4n) is 6.77. The van der Waals surface area contributed by atoms with Crippen molar-refractivity contribution in [1.29, 1.82) is 0 Å². The molecule has 9 rings (SSSR count). The van der Waals surface area contributed by atoms with E-state index in [-0.39, 0.29) is 5.92 Å². The third-order valence-electron chi connectivity index (χ3n) is 8.95. The van der Waals surface area contributed by atoms with E-state index in [0.29, 0.717) is 11.6 Å². The summed E-state index contributed by atoms with van der Waals surface area (Å²) in [6, 6.07) is 44.3. The molecule has 7 aromatic rings. The Bertz CT molecular complexity index is 2410. The van der Waals surface area contributed by atoms with Gasteiger partial charge in [-0.1, -0.05) is 115 Å². The Morgan fingerprint density at radius 1 is 0.587 bits per heavy atom. The summed E-state index contributed by atoms with van der Waals surface area (Å²) in [5.74, 6) is 2.06. The summed E-state index contributed by atoms with van der Waals surface area (Å²) in [6.07, 6.45) is 9.46. The molecule has 2 aromatic heterocycles. The van der Waals surface area contributed by atoms with Crippen molar-refractivity contribution in [3.8, 4) is 17.1 Å². The summed E-state index contributed by atoms with van der Waals surface area (Å²) in [5.41, 5.74) is 12.4. The van der Waals surface area contributed by atoms with Gasteiger partial charge >= 0.3 is 0 Å². The molecule has 0 saturated heterocycles. The molecule has 0 amide bonds. The van der Waals surface area contributed by atoms with Gasteiger partial charge in [0.05, 0.1) is 11.1 Å². The first-order chi connectivity index (χ1) is 22.8. The number of para-hydroxylation sites is 1. The minimum atomic E-state index is -0.0194. The van der Waals surface area contributed by atoms with Crippen molar-refractivity contribution in [2.24, 2.45) is 0 Å². The van der Waals surface area contributed by atoms with Gasteiger partial charge in [-0.25, -0.2) is 15.0 Å². The van der Waals surface area contributed by atoms with Gasteiger partial charge < -0.3 is 4.57 Å². The number of aromatic nitrogens is 4. The topological polar surface area (TPSA) is 43.6 Å². The highest BCUT2D eigenvalue weighted by Crippen LogP contribution is 2.41. The van der Waals surface area contributed by atoms with Crippen molar-refractivity contribution < 1.29 is 0 Å². The highest BCUT2D eigenvalue weighted by molar-refractivity contribution is 6.10. The van der Waals surface area contributed by atoms with Crippen LogP contribution >= 0.6 is 0 Å². The smallest absolute Gasteiger partial charge is 0.171 e. The lowest BCUT2D eigenvalue weighted by Gasteiger charge is -2.19. The summed E-state index contributed by atoms with van der Waals surface area (Å²) in [5, 5.41) is 3.80. The van der Waals surface area contributed by atoms with E-state index < -0.39 is 0 Å². The van der Waals surface area contributed by atoms with E-state index in [9.17, 15) is 0 Å². The molecule has 0 N–H and O–H groups in total. The van der Waals surface area contributed by atoms with E-state index in [1.54, 1.807) is 0 Å². The highest BCUT2D eigenvalue weighted by Gasteiger charge is 2.27. The molecule has 1 atom stereocenters. The molecular formula is C42H28N4. The number of rotatable bonds is 5. The summed E-state index contributed by atoms with van der Waals surface area (Å²) in [4.78, 5) is 15.2. The van der Waals surface area contributed by atoms with Crippen molar-refractivity contribution in [2.45, 2.75) is 12.3 Å². The highest BCUT2D eigenvalue weighted by atomic mass is 15.0. The summed E-state index contributed by atoms with van der Waals surface area (Å²) in [6.45, 7) is 0. The van der Waals surface area contributed by atoms with Gasteiger partial charge in [-0.3, -0.25) is 0 Å². The fraction of sp³-hybridized carbons (Fsp3) is 0.0476. The first-order valence-electron chi connectivity index (χ1n) is 15.6. The maximum Gasteiger partial charge on any atom is 0.171 e. The van der Waals surface area contributed by atoms with Gasteiger partial charge in [0, 0.05) is 33.8 Å². The third kappa shape index (κ3) is 4.44. The second-order valence-electron chi connectivity index (χ2n) is 11.7. The van der Waals surface area contributed by atoms with Crippen molar-refractivity contribution in [3.05, 3.63) is 180 Å². The van der Waals surface area contributed by atoms with Crippen molar-refractivity contribution in [3.63, 3.8) is 0 Å². The second kappa shape index (κ2) is 10.8. The molecule has 2 heterocycles. The number of hydrogen-bond donors (Lipinski definition) is 0. The fourth-order valence-corrected chi connectivity index (χ4v) is 6.77. The van der Waals surface area contributed by atoms with Gasteiger partial charge in [0.15, 0.2) is 11.6 Å². The second-order valence-corrected chi connectivity index (χ2v) is 11.7. The molecular weight excluding hydrogens is 560 g/mol.